The van der Waals surface area contributed by atoms with Crippen molar-refractivity contribution >= 4 is 7.82 Å². The maximum absolute atomic E-state index is 13.9. The Hall–Kier alpha value is -3.25. The highest BCUT2D eigenvalue weighted by atomic mass is 31.2. The SMILES string of the molecule is CC(C)=CCC/C(C)=C/CC/C(C)=C/CC/C(C)=C/COCC(O)COP(=O)(OCC(O)COC/C=C(\C)CC/C=C(\C)CC/C=C(\C)CCC=C(C)C)OCC(O)COC/C=C(\C)CC/C=C(\C)CC/C=C(\C)CCC=C(C)C. The summed E-state index contributed by atoms with van der Waals surface area (Å²) in [7, 11) is -4.38. The van der Waals surface area contributed by atoms with E-state index in [1.165, 1.54) is 66.9 Å². The summed E-state index contributed by atoms with van der Waals surface area (Å²) in [6.45, 7) is 31.7. The molecule has 0 aromatic heterocycles. The van der Waals surface area contributed by atoms with Crippen LogP contribution in [0.3, 0.4) is 0 Å². The first kappa shape index (κ1) is 76.8. The molecule has 0 bridgehead atoms. The molecule has 0 aliphatic heterocycles. The number of aliphatic hydroxyl groups is 3. The Labute approximate surface area is 490 Å². The van der Waals surface area contributed by atoms with E-state index < -0.39 is 46.0 Å². The van der Waals surface area contributed by atoms with Gasteiger partial charge in [-0.15, -0.1) is 0 Å². The van der Waals surface area contributed by atoms with E-state index >= 15 is 0 Å². The van der Waals surface area contributed by atoms with Gasteiger partial charge in [0.2, 0.25) is 0 Å². The van der Waals surface area contributed by atoms with Crippen LogP contribution < -0.4 is 0 Å². The molecule has 0 aromatic carbocycles. The van der Waals surface area contributed by atoms with E-state index in [1.807, 2.05) is 18.2 Å². The molecule has 0 heterocycles. The third-order valence-corrected chi connectivity index (χ3v) is 14.7. The van der Waals surface area contributed by atoms with Gasteiger partial charge in [0.1, 0.15) is 18.3 Å². The number of phosphoric acid groups is 1. The van der Waals surface area contributed by atoms with Crippen LogP contribution in [0.2, 0.25) is 0 Å². The largest absolute Gasteiger partial charge is 0.475 e. The summed E-state index contributed by atoms with van der Waals surface area (Å²) in [5.41, 5.74) is 16.2. The summed E-state index contributed by atoms with van der Waals surface area (Å²) in [5, 5.41) is 32.2. The van der Waals surface area contributed by atoms with Gasteiger partial charge in [0.05, 0.1) is 59.5 Å². The summed E-state index contributed by atoms with van der Waals surface area (Å²) in [6, 6.07) is 0. The lowest BCUT2D eigenvalue weighted by Gasteiger charge is -2.22. The van der Waals surface area contributed by atoms with Crippen LogP contribution in [0, 0.1) is 0 Å². The van der Waals surface area contributed by atoms with Gasteiger partial charge in [-0.25, -0.2) is 4.57 Å². The molecule has 10 nitrogen and oxygen atoms in total. The molecule has 3 unspecified atom stereocenters. The standard InChI is InChI=1S/C69H117O10P/c1-55(2)25-16-28-58(7)31-19-34-61(10)37-22-40-64(13)43-46-74-49-67(70)52-77-80(73,78-53-68(71)50-75-47-44-65(14)41-23-38-62(11)35-20-32-59(8)29-17-26-56(3)4)79-54-69(72)51-76-48-45-66(15)42-24-39-63(12)36-21-33-60(9)30-18-27-57(5)6/h25-27,31-33,37-39,43-45,67-72H,16-24,28-30,34-36,40-42,46-54H2,1-15H3/b58-31+,59-32+,60-33+,61-37+,62-38+,63-39+,64-43+,65-44+,66-45+. The van der Waals surface area contributed by atoms with Crippen molar-refractivity contribution in [2.45, 2.75) is 238 Å². The van der Waals surface area contributed by atoms with Gasteiger partial charge in [-0.3, -0.25) is 13.6 Å². The van der Waals surface area contributed by atoms with E-state index in [0.717, 1.165) is 116 Å². The molecular weight excluding hydrogens is 1020 g/mol. The average molecular weight is 1140 g/mol. The van der Waals surface area contributed by atoms with Gasteiger partial charge in [0.15, 0.2) is 0 Å². The van der Waals surface area contributed by atoms with Crippen LogP contribution in [0.15, 0.2) is 140 Å². The second-order valence-electron chi connectivity index (χ2n) is 23.1. The minimum absolute atomic E-state index is 0.0774. The lowest BCUT2D eigenvalue weighted by molar-refractivity contribution is -0.0237. The van der Waals surface area contributed by atoms with E-state index in [4.69, 9.17) is 27.8 Å². The first-order valence-electron chi connectivity index (χ1n) is 30.1. The second-order valence-corrected chi connectivity index (χ2v) is 24.7. The lowest BCUT2D eigenvalue weighted by Crippen LogP contribution is -2.26. The zero-order chi connectivity index (χ0) is 60.0. The summed E-state index contributed by atoms with van der Waals surface area (Å²) < 4.78 is 47.7. The van der Waals surface area contributed by atoms with Gasteiger partial charge in [-0.05, 0) is 219 Å². The smallest absolute Gasteiger partial charge is 0.388 e. The second kappa shape index (κ2) is 49.2. The van der Waals surface area contributed by atoms with Crippen LogP contribution in [-0.4, -0.2) is 93.1 Å². The molecule has 0 saturated heterocycles. The fraction of sp³-hybridized carbons (Fsp3) is 0.652. The Balaban J connectivity index is 5.24. The van der Waals surface area contributed by atoms with E-state index in [0.29, 0.717) is 19.8 Å². The average Bonchev–Trinajstić information content (AvgIpc) is 3.38. The van der Waals surface area contributed by atoms with Crippen molar-refractivity contribution in [1.29, 1.82) is 0 Å². The molecule has 0 amide bonds. The third kappa shape index (κ3) is 50.5. The molecule has 458 valence electrons. The van der Waals surface area contributed by atoms with Gasteiger partial charge in [-0.2, -0.15) is 0 Å². The van der Waals surface area contributed by atoms with Gasteiger partial charge in [0.25, 0.3) is 0 Å². The monoisotopic (exact) mass is 1140 g/mol. The molecule has 11 heteroatoms. The molecule has 0 aromatic rings. The topological polar surface area (TPSA) is 133 Å². The lowest BCUT2D eigenvalue weighted by atomic mass is 10.0. The van der Waals surface area contributed by atoms with Crippen molar-refractivity contribution in [3.63, 3.8) is 0 Å². The van der Waals surface area contributed by atoms with Gasteiger partial charge in [-0.1, -0.05) is 140 Å². The van der Waals surface area contributed by atoms with E-state index in [-0.39, 0.29) is 19.8 Å². The maximum Gasteiger partial charge on any atom is 0.475 e. The number of hydrogen-bond donors (Lipinski definition) is 3. The van der Waals surface area contributed by atoms with Crippen molar-refractivity contribution < 1.29 is 47.7 Å². The van der Waals surface area contributed by atoms with Crippen molar-refractivity contribution in [1.82, 2.24) is 0 Å². The molecule has 80 heavy (non-hydrogen) atoms. The molecule has 0 radical (unpaired) electrons. The van der Waals surface area contributed by atoms with Gasteiger partial charge < -0.3 is 29.5 Å². The summed E-state index contributed by atoms with van der Waals surface area (Å²) >= 11 is 0. The van der Waals surface area contributed by atoms with Crippen LogP contribution in [0.25, 0.3) is 0 Å². The normalized spacial score (nSPS) is 15.7. The van der Waals surface area contributed by atoms with Crippen molar-refractivity contribution in [3.8, 4) is 0 Å². The van der Waals surface area contributed by atoms with E-state index in [1.54, 1.807) is 0 Å². The van der Waals surface area contributed by atoms with E-state index in [2.05, 4.69) is 159 Å². The van der Waals surface area contributed by atoms with Crippen molar-refractivity contribution in [3.05, 3.63) is 140 Å². The number of ether oxygens (including phenoxy) is 3. The molecule has 3 N–H and O–H groups in total. The van der Waals surface area contributed by atoms with Crippen LogP contribution in [-0.2, 0) is 32.3 Å². The van der Waals surface area contributed by atoms with Gasteiger partial charge >= 0.3 is 7.82 Å². The zero-order valence-corrected chi connectivity index (χ0v) is 54.3. The van der Waals surface area contributed by atoms with Crippen LogP contribution >= 0.6 is 7.82 Å². The quantitative estimate of drug-likeness (QED) is 0.0307. The Kier molecular flexibility index (Phi) is 47.2. The molecule has 0 aliphatic carbocycles. The number of phosphoric ester groups is 1. The predicted molar refractivity (Wildman–Crippen MR) is 341 cm³/mol. The van der Waals surface area contributed by atoms with Crippen molar-refractivity contribution in [2.75, 3.05) is 59.5 Å². The highest BCUT2D eigenvalue weighted by molar-refractivity contribution is 7.48. The summed E-state index contributed by atoms with van der Waals surface area (Å²) in [5.74, 6) is 0. The first-order chi connectivity index (χ1) is 38.0. The molecule has 0 fully saturated rings. The summed E-state index contributed by atoms with van der Waals surface area (Å²) in [6.07, 6.45) is 41.9. The Morgan fingerprint density at radius 2 is 0.463 bits per heavy atom. The zero-order valence-electron chi connectivity index (χ0n) is 53.4. The Bertz CT molecular complexity index is 1860. The Morgan fingerprint density at radius 3 is 0.650 bits per heavy atom. The van der Waals surface area contributed by atoms with Crippen molar-refractivity contribution in [2.24, 2.45) is 0 Å². The molecule has 0 saturated carbocycles. The highest BCUT2D eigenvalue weighted by Crippen LogP contribution is 2.49. The van der Waals surface area contributed by atoms with Gasteiger partial charge in [0, 0.05) is 0 Å². The molecule has 0 aliphatic rings. The fourth-order valence-electron chi connectivity index (χ4n) is 7.97. The number of hydrogen-bond acceptors (Lipinski definition) is 10. The third-order valence-electron chi connectivity index (χ3n) is 13.3. The number of aliphatic hydroxyl groups excluding tert-OH is 3. The van der Waals surface area contributed by atoms with Crippen LogP contribution in [0.4, 0.5) is 0 Å². The minimum atomic E-state index is -4.38. The summed E-state index contributed by atoms with van der Waals surface area (Å²) in [4.78, 5) is 0. The highest BCUT2D eigenvalue weighted by Gasteiger charge is 2.30. The molecule has 3 atom stereocenters. The van der Waals surface area contributed by atoms with Crippen LogP contribution in [0.1, 0.15) is 219 Å². The molecule has 0 rings (SSSR count). The van der Waals surface area contributed by atoms with E-state index in [9.17, 15) is 19.9 Å². The Morgan fingerprint density at radius 1 is 0.287 bits per heavy atom. The molecule has 0 spiro atoms. The van der Waals surface area contributed by atoms with Crippen LogP contribution in [0.5, 0.6) is 0 Å². The fourth-order valence-corrected chi connectivity index (χ4v) is 9.25. The number of rotatable bonds is 48. The predicted octanol–water partition coefficient (Wildman–Crippen LogP) is 18.7. The molecular formula is C69H117O10P. The first-order valence-corrected chi connectivity index (χ1v) is 31.6. The number of allylic oxidation sites excluding steroid dienone is 21. The minimum Gasteiger partial charge on any atom is -0.388 e. The maximum atomic E-state index is 13.9.